The molecule has 0 amide bonds. The Kier molecular flexibility index (Phi) is 7.00. The van der Waals surface area contributed by atoms with Crippen molar-refractivity contribution in [3.8, 4) is 0 Å². The maximum Gasteiger partial charge on any atom is 0.0834 e. The summed E-state index contributed by atoms with van der Waals surface area (Å²) in [6.07, 6.45) is 9.54. The summed E-state index contributed by atoms with van der Waals surface area (Å²) < 4.78 is 0. The van der Waals surface area contributed by atoms with E-state index in [0.29, 0.717) is 25.7 Å². The number of rotatable bonds is 1. The molecule has 130 valence electrons. The molecule has 23 heavy (non-hydrogen) atoms. The van der Waals surface area contributed by atoms with Crippen LogP contribution in [-0.4, -0.2) is 32.6 Å². The van der Waals surface area contributed by atoms with Gasteiger partial charge in [-0.05, 0) is 64.4 Å². The van der Waals surface area contributed by atoms with Crippen LogP contribution in [0.2, 0.25) is 0 Å². The molecular formula is C20H32O3. The van der Waals surface area contributed by atoms with Gasteiger partial charge in [0.05, 0.1) is 17.3 Å². The summed E-state index contributed by atoms with van der Waals surface area (Å²) in [5.41, 5.74) is -0.134. The summed E-state index contributed by atoms with van der Waals surface area (Å²) in [4.78, 5) is 0. The van der Waals surface area contributed by atoms with Crippen molar-refractivity contribution in [1.29, 1.82) is 0 Å². The highest BCUT2D eigenvalue weighted by molar-refractivity contribution is 5.15. The van der Waals surface area contributed by atoms with Gasteiger partial charge in [0.2, 0.25) is 0 Å². The first-order valence-corrected chi connectivity index (χ1v) is 8.35. The highest BCUT2D eigenvalue weighted by atomic mass is 16.3. The molecule has 0 saturated heterocycles. The van der Waals surface area contributed by atoms with Crippen molar-refractivity contribution < 1.29 is 15.3 Å². The highest BCUT2D eigenvalue weighted by Gasteiger charge is 2.22. The molecule has 1 aliphatic carbocycles. The second-order valence-corrected chi connectivity index (χ2v) is 7.38. The molecule has 0 aromatic heterocycles. The van der Waals surface area contributed by atoms with Crippen LogP contribution in [0, 0.1) is 5.92 Å². The normalized spacial score (nSPS) is 37.4. The Morgan fingerprint density at radius 2 is 1.83 bits per heavy atom. The van der Waals surface area contributed by atoms with Crippen molar-refractivity contribution in [3.05, 3.63) is 48.6 Å². The third-order valence-electron chi connectivity index (χ3n) is 4.50. The fourth-order valence-electron chi connectivity index (χ4n) is 2.67. The molecule has 0 bridgehead atoms. The fraction of sp³-hybridized carbons (Fsp3) is 0.600. The zero-order chi connectivity index (χ0) is 17.7. The molecule has 3 heteroatoms. The molecule has 0 aromatic carbocycles. The van der Waals surface area contributed by atoms with Crippen LogP contribution in [0.5, 0.6) is 0 Å². The van der Waals surface area contributed by atoms with Gasteiger partial charge >= 0.3 is 0 Å². The summed E-state index contributed by atoms with van der Waals surface area (Å²) in [5, 5.41) is 31.0. The van der Waals surface area contributed by atoms with Crippen LogP contribution in [0.1, 0.15) is 52.9 Å². The maximum absolute atomic E-state index is 10.4. The lowest BCUT2D eigenvalue weighted by molar-refractivity contribution is 0.0782. The van der Waals surface area contributed by atoms with Gasteiger partial charge < -0.3 is 15.3 Å². The summed E-state index contributed by atoms with van der Waals surface area (Å²) >= 11 is 0. The van der Waals surface area contributed by atoms with E-state index >= 15 is 0 Å². The smallest absolute Gasteiger partial charge is 0.0834 e. The minimum absolute atomic E-state index is 0.153. The molecule has 0 unspecified atom stereocenters. The van der Waals surface area contributed by atoms with Gasteiger partial charge in [0.1, 0.15) is 0 Å². The molecule has 1 aliphatic rings. The van der Waals surface area contributed by atoms with E-state index in [1.165, 1.54) is 0 Å². The number of allylic oxidation sites excluding steroid dienone is 2. The number of aliphatic hydroxyl groups excluding tert-OH is 1. The van der Waals surface area contributed by atoms with Crippen LogP contribution >= 0.6 is 0 Å². The van der Waals surface area contributed by atoms with Gasteiger partial charge in [-0.2, -0.15) is 0 Å². The number of aliphatic hydroxyl groups is 3. The van der Waals surface area contributed by atoms with Crippen molar-refractivity contribution in [1.82, 2.24) is 0 Å². The Morgan fingerprint density at radius 1 is 1.17 bits per heavy atom. The topological polar surface area (TPSA) is 60.7 Å². The van der Waals surface area contributed by atoms with Gasteiger partial charge in [-0.3, -0.25) is 0 Å². The third kappa shape index (κ3) is 7.30. The lowest BCUT2D eigenvalue weighted by Gasteiger charge is -2.25. The van der Waals surface area contributed by atoms with E-state index < -0.39 is 17.3 Å². The van der Waals surface area contributed by atoms with Gasteiger partial charge in [-0.25, -0.2) is 0 Å². The molecular weight excluding hydrogens is 288 g/mol. The molecule has 4 atom stereocenters. The minimum atomic E-state index is -0.995. The molecule has 0 heterocycles. The number of hydrogen-bond acceptors (Lipinski definition) is 3. The van der Waals surface area contributed by atoms with Crippen LogP contribution in [0.15, 0.2) is 48.6 Å². The molecule has 3 nitrogen and oxygen atoms in total. The van der Waals surface area contributed by atoms with E-state index in [1.54, 1.807) is 32.1 Å². The zero-order valence-electron chi connectivity index (χ0n) is 14.8. The van der Waals surface area contributed by atoms with Crippen LogP contribution < -0.4 is 0 Å². The van der Waals surface area contributed by atoms with Crippen molar-refractivity contribution >= 4 is 0 Å². The Bertz CT molecular complexity index is 483. The molecule has 0 aliphatic heterocycles. The van der Waals surface area contributed by atoms with Gasteiger partial charge in [0, 0.05) is 0 Å². The Hall–Kier alpha value is -1.16. The third-order valence-corrected chi connectivity index (χ3v) is 4.50. The average Bonchev–Trinajstić information content (AvgIpc) is 2.42. The van der Waals surface area contributed by atoms with Crippen LogP contribution in [0.25, 0.3) is 0 Å². The Balaban J connectivity index is 3.00. The maximum atomic E-state index is 10.4. The van der Waals surface area contributed by atoms with Gasteiger partial charge in [0.15, 0.2) is 0 Å². The van der Waals surface area contributed by atoms with E-state index in [0.717, 1.165) is 17.6 Å². The quantitative estimate of drug-likeness (QED) is 0.646. The van der Waals surface area contributed by atoms with Crippen molar-refractivity contribution in [3.63, 3.8) is 0 Å². The predicted molar refractivity (Wildman–Crippen MR) is 96.1 cm³/mol. The second kappa shape index (κ2) is 8.09. The van der Waals surface area contributed by atoms with Crippen LogP contribution in [0.3, 0.4) is 0 Å². The first-order chi connectivity index (χ1) is 10.5. The first kappa shape index (κ1) is 19.9. The lowest BCUT2D eigenvalue weighted by atomic mass is 9.87. The number of hydrogen-bond donors (Lipinski definition) is 3. The van der Waals surface area contributed by atoms with Crippen molar-refractivity contribution in [2.24, 2.45) is 5.92 Å². The van der Waals surface area contributed by atoms with Gasteiger partial charge in [-0.15, -0.1) is 0 Å². The van der Waals surface area contributed by atoms with Gasteiger partial charge in [0.25, 0.3) is 0 Å². The summed E-state index contributed by atoms with van der Waals surface area (Å²) in [7, 11) is 0. The van der Waals surface area contributed by atoms with Crippen LogP contribution in [0.4, 0.5) is 0 Å². The molecule has 0 fully saturated rings. The molecule has 1 rings (SSSR count). The van der Waals surface area contributed by atoms with E-state index in [9.17, 15) is 15.3 Å². The summed E-state index contributed by atoms with van der Waals surface area (Å²) in [5.74, 6) is 0.153. The second-order valence-electron chi connectivity index (χ2n) is 7.38. The summed E-state index contributed by atoms with van der Waals surface area (Å²) in [6.45, 7) is 13.4. The highest BCUT2D eigenvalue weighted by Crippen LogP contribution is 2.26. The molecule has 0 spiro atoms. The predicted octanol–water partition coefficient (Wildman–Crippen LogP) is 3.67. The van der Waals surface area contributed by atoms with Crippen molar-refractivity contribution in [2.75, 3.05) is 0 Å². The van der Waals surface area contributed by atoms with E-state index in [1.807, 2.05) is 13.0 Å². The lowest BCUT2D eigenvalue weighted by Crippen LogP contribution is -2.25. The standard InChI is InChI=1S/C20H32O3/c1-15(2)17-8-7-16(3)18(21)10-14-20(5,23)12-6-11-19(4,22)13-9-17/h6,9,12-13,17-18,21-23H,1,3,7-8,10-11,14H2,2,4-5H3/t17-,18+,19+,20+/m1/s1. The van der Waals surface area contributed by atoms with Crippen molar-refractivity contribution in [2.45, 2.75) is 70.2 Å². The molecule has 3 N–H and O–H groups in total. The molecule has 0 aromatic rings. The van der Waals surface area contributed by atoms with E-state index in [2.05, 4.69) is 13.2 Å². The molecule has 0 radical (unpaired) electrons. The first-order valence-electron chi connectivity index (χ1n) is 8.35. The average molecular weight is 320 g/mol. The van der Waals surface area contributed by atoms with E-state index in [4.69, 9.17) is 0 Å². The monoisotopic (exact) mass is 320 g/mol. The van der Waals surface area contributed by atoms with Gasteiger partial charge in [-0.1, -0.05) is 43.0 Å². The fourth-order valence-corrected chi connectivity index (χ4v) is 2.67. The molecule has 0 saturated carbocycles. The van der Waals surface area contributed by atoms with E-state index in [-0.39, 0.29) is 5.92 Å². The Labute approximate surface area is 140 Å². The minimum Gasteiger partial charge on any atom is -0.389 e. The van der Waals surface area contributed by atoms with Crippen LogP contribution in [-0.2, 0) is 0 Å². The zero-order valence-corrected chi connectivity index (χ0v) is 14.8. The SMILES string of the molecule is C=C1CC[C@@H](C(=C)C)C=C[C@@](C)(O)CC=C[C@](C)(O)CC[C@@H]1O. The Morgan fingerprint density at radius 3 is 2.43 bits per heavy atom. The summed E-state index contributed by atoms with van der Waals surface area (Å²) in [6, 6.07) is 0. The largest absolute Gasteiger partial charge is 0.389 e.